The number of carbonyl (C=O) groups is 1. The van der Waals surface area contributed by atoms with E-state index in [4.69, 9.17) is 0 Å². The molecule has 0 unspecified atom stereocenters. The molecule has 1 amide bonds. The van der Waals surface area contributed by atoms with Gasteiger partial charge in [0.15, 0.2) is 0 Å². The highest BCUT2D eigenvalue weighted by Crippen LogP contribution is 2.21. The van der Waals surface area contributed by atoms with Crippen LogP contribution in [0.1, 0.15) is 36.7 Å². The predicted octanol–water partition coefficient (Wildman–Crippen LogP) is 4.53. The fourth-order valence-electron chi connectivity index (χ4n) is 2.11. The first-order valence-electron chi connectivity index (χ1n) is 6.89. The van der Waals surface area contributed by atoms with Gasteiger partial charge >= 0.3 is 0 Å². The molecule has 0 fully saturated rings. The Hall–Kier alpha value is -2.09. The third-order valence-corrected chi connectivity index (χ3v) is 2.98. The van der Waals surface area contributed by atoms with Crippen molar-refractivity contribution in [1.82, 2.24) is 0 Å². The summed E-state index contributed by atoms with van der Waals surface area (Å²) in [5, 5.41) is 2.91. The molecule has 1 N–H and O–H groups in total. The van der Waals surface area contributed by atoms with Crippen molar-refractivity contribution in [2.45, 2.75) is 27.2 Å². The van der Waals surface area contributed by atoms with Crippen LogP contribution in [-0.4, -0.2) is 5.91 Å². The van der Waals surface area contributed by atoms with E-state index in [1.807, 2.05) is 42.5 Å². The fourth-order valence-corrected chi connectivity index (χ4v) is 2.11. The third-order valence-electron chi connectivity index (χ3n) is 2.98. The molecule has 0 saturated carbocycles. The summed E-state index contributed by atoms with van der Waals surface area (Å²) in [6, 6.07) is 17.3. The van der Waals surface area contributed by atoms with Crippen LogP contribution in [0, 0.1) is 5.41 Å². The van der Waals surface area contributed by atoms with E-state index in [0.29, 0.717) is 5.56 Å². The Morgan fingerprint density at radius 3 is 2.10 bits per heavy atom. The molecule has 0 bridgehead atoms. The molecule has 0 saturated heterocycles. The molecule has 2 nitrogen and oxygen atoms in total. The van der Waals surface area contributed by atoms with Crippen molar-refractivity contribution in [2.24, 2.45) is 5.41 Å². The van der Waals surface area contributed by atoms with Gasteiger partial charge < -0.3 is 5.32 Å². The maximum absolute atomic E-state index is 12.0. The van der Waals surface area contributed by atoms with Gasteiger partial charge in [-0.15, -0.1) is 0 Å². The van der Waals surface area contributed by atoms with E-state index in [1.54, 1.807) is 0 Å². The van der Waals surface area contributed by atoms with Crippen LogP contribution in [0.4, 0.5) is 5.69 Å². The number of amides is 1. The van der Waals surface area contributed by atoms with Crippen LogP contribution in [0.25, 0.3) is 0 Å². The van der Waals surface area contributed by atoms with Gasteiger partial charge in [0, 0.05) is 11.3 Å². The van der Waals surface area contributed by atoms with Gasteiger partial charge in [-0.25, -0.2) is 0 Å². The molecule has 2 heteroatoms. The predicted molar refractivity (Wildman–Crippen MR) is 84.0 cm³/mol. The Morgan fingerprint density at radius 2 is 1.55 bits per heavy atom. The topological polar surface area (TPSA) is 29.1 Å². The van der Waals surface area contributed by atoms with Crippen LogP contribution < -0.4 is 5.32 Å². The monoisotopic (exact) mass is 267 g/mol. The third kappa shape index (κ3) is 4.23. The molecular weight excluding hydrogens is 246 g/mol. The van der Waals surface area contributed by atoms with Gasteiger partial charge in [-0.2, -0.15) is 0 Å². The zero-order valence-electron chi connectivity index (χ0n) is 12.3. The minimum Gasteiger partial charge on any atom is -0.322 e. The SMILES string of the molecule is CC(C)(C)Cc1ccc(NC(=O)c2ccccc2)cc1. The molecule has 2 aromatic carbocycles. The smallest absolute Gasteiger partial charge is 0.255 e. The van der Waals surface area contributed by atoms with Gasteiger partial charge in [0.2, 0.25) is 0 Å². The van der Waals surface area contributed by atoms with E-state index in [2.05, 4.69) is 38.2 Å². The number of hydrogen-bond acceptors (Lipinski definition) is 1. The standard InChI is InChI=1S/C18H21NO/c1-18(2,3)13-14-9-11-16(12-10-14)19-17(20)15-7-5-4-6-8-15/h4-12H,13H2,1-3H3,(H,19,20). The van der Waals surface area contributed by atoms with Crippen molar-refractivity contribution in [3.63, 3.8) is 0 Å². The number of rotatable bonds is 3. The summed E-state index contributed by atoms with van der Waals surface area (Å²) in [6.45, 7) is 6.66. The Bertz CT molecular complexity index is 565. The number of carbonyl (C=O) groups excluding carboxylic acids is 1. The van der Waals surface area contributed by atoms with Crippen LogP contribution in [0.2, 0.25) is 0 Å². The molecular formula is C18H21NO. The second kappa shape index (κ2) is 5.91. The minimum absolute atomic E-state index is 0.0748. The Kier molecular flexibility index (Phi) is 4.23. The summed E-state index contributed by atoms with van der Waals surface area (Å²) in [5.41, 5.74) is 3.06. The molecule has 104 valence electrons. The summed E-state index contributed by atoms with van der Waals surface area (Å²) >= 11 is 0. The highest BCUT2D eigenvalue weighted by molar-refractivity contribution is 6.04. The summed E-state index contributed by atoms with van der Waals surface area (Å²) in [6.07, 6.45) is 1.03. The van der Waals surface area contributed by atoms with Crippen molar-refractivity contribution in [2.75, 3.05) is 5.32 Å². The Balaban J connectivity index is 2.02. The van der Waals surface area contributed by atoms with Crippen LogP contribution >= 0.6 is 0 Å². The summed E-state index contributed by atoms with van der Waals surface area (Å²) in [4.78, 5) is 12.0. The highest BCUT2D eigenvalue weighted by atomic mass is 16.1. The lowest BCUT2D eigenvalue weighted by atomic mass is 9.88. The molecule has 0 aliphatic rings. The van der Waals surface area contributed by atoms with Crippen molar-refractivity contribution in [3.8, 4) is 0 Å². The molecule has 2 aromatic rings. The molecule has 2 rings (SSSR count). The Labute approximate surface area is 120 Å². The van der Waals surface area contributed by atoms with Gasteiger partial charge in [-0.1, -0.05) is 51.1 Å². The van der Waals surface area contributed by atoms with E-state index in [0.717, 1.165) is 12.1 Å². The van der Waals surface area contributed by atoms with E-state index >= 15 is 0 Å². The molecule has 0 aliphatic heterocycles. The van der Waals surface area contributed by atoms with Crippen LogP contribution in [0.15, 0.2) is 54.6 Å². The first-order valence-corrected chi connectivity index (χ1v) is 6.89. The maximum Gasteiger partial charge on any atom is 0.255 e. The lowest BCUT2D eigenvalue weighted by Crippen LogP contribution is -2.12. The zero-order valence-corrected chi connectivity index (χ0v) is 12.3. The number of hydrogen-bond donors (Lipinski definition) is 1. The highest BCUT2D eigenvalue weighted by Gasteiger charge is 2.11. The van der Waals surface area contributed by atoms with Crippen LogP contribution in [-0.2, 0) is 6.42 Å². The lowest BCUT2D eigenvalue weighted by molar-refractivity contribution is 0.102. The van der Waals surface area contributed by atoms with Gasteiger partial charge in [-0.3, -0.25) is 4.79 Å². The van der Waals surface area contributed by atoms with E-state index < -0.39 is 0 Å². The molecule has 0 radical (unpaired) electrons. The normalized spacial score (nSPS) is 11.2. The molecule has 0 heterocycles. The van der Waals surface area contributed by atoms with Gasteiger partial charge in [0.05, 0.1) is 0 Å². The van der Waals surface area contributed by atoms with Crippen molar-refractivity contribution in [1.29, 1.82) is 0 Å². The van der Waals surface area contributed by atoms with Gasteiger partial charge in [-0.05, 0) is 41.7 Å². The first kappa shape index (κ1) is 14.3. The lowest BCUT2D eigenvalue weighted by Gasteiger charge is -2.18. The first-order chi connectivity index (χ1) is 9.44. The maximum atomic E-state index is 12.0. The quantitative estimate of drug-likeness (QED) is 0.870. The average molecular weight is 267 g/mol. The number of anilines is 1. The summed E-state index contributed by atoms with van der Waals surface area (Å²) in [5.74, 6) is -0.0748. The second-order valence-corrected chi connectivity index (χ2v) is 6.25. The minimum atomic E-state index is -0.0748. The largest absolute Gasteiger partial charge is 0.322 e. The Morgan fingerprint density at radius 1 is 0.950 bits per heavy atom. The molecule has 0 atom stereocenters. The van der Waals surface area contributed by atoms with E-state index in [9.17, 15) is 4.79 Å². The molecule has 0 aromatic heterocycles. The molecule has 0 aliphatic carbocycles. The number of nitrogens with one attached hydrogen (secondary N) is 1. The molecule has 0 spiro atoms. The van der Waals surface area contributed by atoms with Crippen molar-refractivity contribution >= 4 is 11.6 Å². The molecule has 20 heavy (non-hydrogen) atoms. The van der Waals surface area contributed by atoms with E-state index in [1.165, 1.54) is 5.56 Å². The van der Waals surface area contributed by atoms with Crippen molar-refractivity contribution < 1.29 is 4.79 Å². The van der Waals surface area contributed by atoms with Gasteiger partial charge in [0.25, 0.3) is 5.91 Å². The number of benzene rings is 2. The zero-order chi connectivity index (χ0) is 14.6. The van der Waals surface area contributed by atoms with Crippen LogP contribution in [0.3, 0.4) is 0 Å². The van der Waals surface area contributed by atoms with Crippen LogP contribution in [0.5, 0.6) is 0 Å². The second-order valence-electron chi connectivity index (χ2n) is 6.25. The van der Waals surface area contributed by atoms with Gasteiger partial charge in [0.1, 0.15) is 0 Å². The average Bonchev–Trinajstić information content (AvgIpc) is 2.40. The van der Waals surface area contributed by atoms with E-state index in [-0.39, 0.29) is 11.3 Å². The van der Waals surface area contributed by atoms with Crippen molar-refractivity contribution in [3.05, 3.63) is 65.7 Å². The summed E-state index contributed by atoms with van der Waals surface area (Å²) < 4.78 is 0. The summed E-state index contributed by atoms with van der Waals surface area (Å²) in [7, 11) is 0. The fraction of sp³-hybridized carbons (Fsp3) is 0.278.